The number of rotatable bonds is 5. The smallest absolute Gasteiger partial charge is 0.335 e. The fourth-order valence-corrected chi connectivity index (χ4v) is 0.733. The Hall–Kier alpha value is -0.610. The largest absolute Gasteiger partial charge is 0.479 e. The van der Waals surface area contributed by atoms with Gasteiger partial charge in [0.25, 0.3) is 0 Å². The summed E-state index contributed by atoms with van der Waals surface area (Å²) >= 11 is 0. The van der Waals surface area contributed by atoms with Gasteiger partial charge in [-0.05, 0) is 12.8 Å². The minimum Gasteiger partial charge on any atom is -0.479 e. The summed E-state index contributed by atoms with van der Waals surface area (Å²) in [5, 5.41) is 17.3. The van der Waals surface area contributed by atoms with Crippen LogP contribution in [0.4, 0.5) is 0 Å². The fraction of sp³-hybridized carbons (Fsp3) is 0.875. The number of hydrogen-bond acceptors (Lipinski definition) is 3. The maximum atomic E-state index is 10.8. The van der Waals surface area contributed by atoms with Crippen molar-refractivity contribution in [2.24, 2.45) is 5.92 Å². The average Bonchev–Trinajstić information content (AvgIpc) is 1.99. The standard InChI is InChI=1S/C8H16O4/c1-6(2)8(3,7(10)11)12-5-4-9/h6,9H,4-5H2,1-3H3,(H,10,11). The molecule has 0 aliphatic heterocycles. The predicted molar refractivity (Wildman–Crippen MR) is 43.9 cm³/mol. The first kappa shape index (κ1) is 11.4. The van der Waals surface area contributed by atoms with E-state index in [-0.39, 0.29) is 19.1 Å². The highest BCUT2D eigenvalue weighted by molar-refractivity contribution is 5.77. The van der Waals surface area contributed by atoms with E-state index < -0.39 is 11.6 Å². The Morgan fingerprint density at radius 1 is 1.58 bits per heavy atom. The number of hydrogen-bond donors (Lipinski definition) is 2. The molecule has 0 saturated heterocycles. The Morgan fingerprint density at radius 2 is 2.08 bits per heavy atom. The number of carboxylic acids is 1. The summed E-state index contributed by atoms with van der Waals surface area (Å²) in [6.07, 6.45) is 0. The van der Waals surface area contributed by atoms with Crippen molar-refractivity contribution in [2.45, 2.75) is 26.4 Å². The van der Waals surface area contributed by atoms with Crippen LogP contribution in [-0.4, -0.2) is 35.0 Å². The molecule has 2 N–H and O–H groups in total. The van der Waals surface area contributed by atoms with E-state index in [9.17, 15) is 4.79 Å². The molecule has 0 rings (SSSR count). The lowest BCUT2D eigenvalue weighted by Crippen LogP contribution is -2.44. The molecule has 0 bridgehead atoms. The van der Waals surface area contributed by atoms with Crippen LogP contribution < -0.4 is 0 Å². The van der Waals surface area contributed by atoms with Crippen LogP contribution in [0.3, 0.4) is 0 Å². The monoisotopic (exact) mass is 176 g/mol. The summed E-state index contributed by atoms with van der Waals surface area (Å²) in [5.41, 5.74) is -1.19. The zero-order chi connectivity index (χ0) is 9.78. The second-order valence-corrected chi connectivity index (χ2v) is 3.14. The third kappa shape index (κ3) is 2.46. The Labute approximate surface area is 72.2 Å². The van der Waals surface area contributed by atoms with Crippen LogP contribution in [0.1, 0.15) is 20.8 Å². The summed E-state index contributed by atoms with van der Waals surface area (Å²) in [6, 6.07) is 0. The van der Waals surface area contributed by atoms with Gasteiger partial charge in [0.05, 0.1) is 13.2 Å². The van der Waals surface area contributed by atoms with Crippen molar-refractivity contribution >= 4 is 5.97 Å². The molecule has 4 nitrogen and oxygen atoms in total. The third-order valence-corrected chi connectivity index (χ3v) is 2.02. The van der Waals surface area contributed by atoms with Gasteiger partial charge >= 0.3 is 5.97 Å². The molecule has 0 aliphatic carbocycles. The van der Waals surface area contributed by atoms with Gasteiger partial charge in [0.15, 0.2) is 5.60 Å². The molecule has 0 saturated carbocycles. The molecular weight excluding hydrogens is 160 g/mol. The molecule has 72 valence electrons. The molecule has 0 heterocycles. The van der Waals surface area contributed by atoms with Crippen LogP contribution in [0.15, 0.2) is 0 Å². The molecule has 0 aromatic heterocycles. The van der Waals surface area contributed by atoms with Crippen molar-refractivity contribution in [3.8, 4) is 0 Å². The van der Waals surface area contributed by atoms with Gasteiger partial charge in [-0.3, -0.25) is 0 Å². The summed E-state index contributed by atoms with van der Waals surface area (Å²) in [5.74, 6) is -1.12. The number of aliphatic hydroxyl groups excluding tert-OH is 1. The minimum absolute atomic E-state index is 0.0565. The number of aliphatic carboxylic acids is 1. The normalized spacial score (nSPS) is 16.1. The highest BCUT2D eigenvalue weighted by atomic mass is 16.5. The van der Waals surface area contributed by atoms with E-state index in [4.69, 9.17) is 14.9 Å². The van der Waals surface area contributed by atoms with E-state index in [2.05, 4.69) is 0 Å². The van der Waals surface area contributed by atoms with Crippen molar-refractivity contribution in [1.29, 1.82) is 0 Å². The molecule has 0 fully saturated rings. The molecule has 0 spiro atoms. The first-order chi connectivity index (χ1) is 5.45. The Morgan fingerprint density at radius 3 is 2.33 bits per heavy atom. The Kier molecular flexibility index (Phi) is 4.20. The van der Waals surface area contributed by atoms with Crippen molar-refractivity contribution in [2.75, 3.05) is 13.2 Å². The van der Waals surface area contributed by atoms with Crippen LogP contribution >= 0.6 is 0 Å². The third-order valence-electron chi connectivity index (χ3n) is 2.02. The highest BCUT2D eigenvalue weighted by Crippen LogP contribution is 2.21. The topological polar surface area (TPSA) is 66.8 Å². The maximum Gasteiger partial charge on any atom is 0.335 e. The molecule has 0 aromatic carbocycles. The van der Waals surface area contributed by atoms with E-state index in [0.29, 0.717) is 0 Å². The highest BCUT2D eigenvalue weighted by Gasteiger charge is 2.37. The van der Waals surface area contributed by atoms with Gasteiger partial charge in [0, 0.05) is 0 Å². The number of aliphatic hydroxyl groups is 1. The number of carbonyl (C=O) groups is 1. The van der Waals surface area contributed by atoms with Crippen molar-refractivity contribution < 1.29 is 19.7 Å². The predicted octanol–water partition coefficient (Wildman–Crippen LogP) is 0.495. The molecular formula is C8H16O4. The van der Waals surface area contributed by atoms with E-state index >= 15 is 0 Å². The first-order valence-electron chi connectivity index (χ1n) is 3.93. The molecule has 0 aliphatic rings. The summed E-state index contributed by atoms with van der Waals surface area (Å²) < 4.78 is 5.05. The molecule has 0 amide bonds. The molecule has 12 heavy (non-hydrogen) atoms. The second-order valence-electron chi connectivity index (χ2n) is 3.14. The van der Waals surface area contributed by atoms with Crippen LogP contribution in [-0.2, 0) is 9.53 Å². The molecule has 1 atom stereocenters. The molecule has 0 radical (unpaired) electrons. The van der Waals surface area contributed by atoms with E-state index in [1.807, 2.05) is 0 Å². The van der Waals surface area contributed by atoms with E-state index in [1.54, 1.807) is 13.8 Å². The second kappa shape index (κ2) is 4.42. The van der Waals surface area contributed by atoms with Gasteiger partial charge in [0.1, 0.15) is 0 Å². The van der Waals surface area contributed by atoms with Crippen molar-refractivity contribution in [3.63, 3.8) is 0 Å². The summed E-state index contributed by atoms with van der Waals surface area (Å²) in [4.78, 5) is 10.8. The molecule has 1 unspecified atom stereocenters. The van der Waals surface area contributed by atoms with Crippen molar-refractivity contribution in [3.05, 3.63) is 0 Å². The first-order valence-corrected chi connectivity index (χ1v) is 3.93. The minimum atomic E-state index is -1.19. The van der Waals surface area contributed by atoms with Crippen LogP contribution in [0.5, 0.6) is 0 Å². The van der Waals surface area contributed by atoms with Gasteiger partial charge < -0.3 is 14.9 Å². The van der Waals surface area contributed by atoms with Gasteiger partial charge in [-0.2, -0.15) is 0 Å². The van der Waals surface area contributed by atoms with E-state index in [0.717, 1.165) is 0 Å². The summed E-state index contributed by atoms with van der Waals surface area (Å²) in [6.45, 7) is 4.95. The lowest BCUT2D eigenvalue weighted by Gasteiger charge is -2.28. The SMILES string of the molecule is CC(C)C(C)(OCCO)C(=O)O. The number of ether oxygens (including phenoxy) is 1. The Balaban J connectivity index is 4.29. The average molecular weight is 176 g/mol. The lowest BCUT2D eigenvalue weighted by molar-refractivity contribution is -0.171. The lowest BCUT2D eigenvalue weighted by atomic mass is 9.92. The van der Waals surface area contributed by atoms with Crippen molar-refractivity contribution in [1.82, 2.24) is 0 Å². The maximum absolute atomic E-state index is 10.8. The van der Waals surface area contributed by atoms with Crippen LogP contribution in [0, 0.1) is 5.92 Å². The zero-order valence-corrected chi connectivity index (χ0v) is 7.70. The molecule has 0 aromatic rings. The summed E-state index contributed by atoms with van der Waals surface area (Å²) in [7, 11) is 0. The van der Waals surface area contributed by atoms with Gasteiger partial charge in [0.2, 0.25) is 0 Å². The quantitative estimate of drug-likeness (QED) is 0.640. The number of carboxylic acid groups (broad SMARTS) is 1. The fourth-order valence-electron chi connectivity index (χ4n) is 0.733. The Bertz CT molecular complexity index is 155. The van der Waals surface area contributed by atoms with Crippen LogP contribution in [0.2, 0.25) is 0 Å². The van der Waals surface area contributed by atoms with Gasteiger partial charge in [-0.15, -0.1) is 0 Å². The molecule has 4 heteroatoms. The zero-order valence-electron chi connectivity index (χ0n) is 7.70. The van der Waals surface area contributed by atoms with E-state index in [1.165, 1.54) is 6.92 Å². The van der Waals surface area contributed by atoms with Gasteiger partial charge in [-0.25, -0.2) is 4.79 Å². The van der Waals surface area contributed by atoms with Crippen LogP contribution in [0.25, 0.3) is 0 Å². The van der Waals surface area contributed by atoms with Gasteiger partial charge in [-0.1, -0.05) is 13.8 Å².